The Kier molecular flexibility index (Phi) is 5.48. The van der Waals surface area contributed by atoms with Crippen molar-refractivity contribution in [3.63, 3.8) is 0 Å². The summed E-state index contributed by atoms with van der Waals surface area (Å²) in [6.45, 7) is 0.894. The fourth-order valence-corrected chi connectivity index (χ4v) is 2.01. The van der Waals surface area contributed by atoms with Gasteiger partial charge in [-0.05, 0) is 17.2 Å². The van der Waals surface area contributed by atoms with Crippen molar-refractivity contribution >= 4 is 11.9 Å². The molecule has 4 N–H and O–H groups in total. The molecule has 6 heteroatoms. The predicted molar refractivity (Wildman–Crippen MR) is 85.6 cm³/mol. The molecule has 0 bridgehead atoms. The molecular formula is C16H19N5O. The SMILES string of the molecule is NC(N)=NCC(=O)N(Cc1ccccc1)Cc1cccnc1. The summed E-state index contributed by atoms with van der Waals surface area (Å²) in [6.07, 6.45) is 3.44. The number of hydrogen-bond donors (Lipinski definition) is 2. The lowest BCUT2D eigenvalue weighted by atomic mass is 10.2. The first-order valence-electron chi connectivity index (χ1n) is 6.91. The minimum Gasteiger partial charge on any atom is -0.370 e. The first-order chi connectivity index (χ1) is 10.6. The molecule has 1 heterocycles. The summed E-state index contributed by atoms with van der Waals surface area (Å²) < 4.78 is 0. The van der Waals surface area contributed by atoms with Crippen LogP contribution in [-0.2, 0) is 17.9 Å². The maximum Gasteiger partial charge on any atom is 0.244 e. The molecule has 0 unspecified atom stereocenters. The Labute approximate surface area is 129 Å². The van der Waals surface area contributed by atoms with Gasteiger partial charge in [0.05, 0.1) is 0 Å². The van der Waals surface area contributed by atoms with Gasteiger partial charge in [0, 0.05) is 25.5 Å². The van der Waals surface area contributed by atoms with Crippen LogP contribution in [0, 0.1) is 0 Å². The van der Waals surface area contributed by atoms with Crippen LogP contribution in [0.1, 0.15) is 11.1 Å². The van der Waals surface area contributed by atoms with Gasteiger partial charge in [-0.1, -0.05) is 36.4 Å². The van der Waals surface area contributed by atoms with Crippen LogP contribution in [0.2, 0.25) is 0 Å². The molecule has 0 saturated heterocycles. The van der Waals surface area contributed by atoms with Gasteiger partial charge in [0.1, 0.15) is 6.54 Å². The predicted octanol–water partition coefficient (Wildman–Crippen LogP) is 0.884. The van der Waals surface area contributed by atoms with E-state index in [1.165, 1.54) is 0 Å². The van der Waals surface area contributed by atoms with Crippen LogP contribution in [-0.4, -0.2) is 28.3 Å². The zero-order chi connectivity index (χ0) is 15.8. The Morgan fingerprint density at radius 2 is 1.73 bits per heavy atom. The van der Waals surface area contributed by atoms with Crippen molar-refractivity contribution in [2.75, 3.05) is 6.54 Å². The molecule has 1 amide bonds. The van der Waals surface area contributed by atoms with Crippen LogP contribution in [0.15, 0.2) is 59.9 Å². The number of carbonyl (C=O) groups excluding carboxylic acids is 1. The second-order valence-electron chi connectivity index (χ2n) is 4.84. The quantitative estimate of drug-likeness (QED) is 0.611. The number of nitrogens with zero attached hydrogens (tertiary/aromatic N) is 3. The van der Waals surface area contributed by atoms with Crippen molar-refractivity contribution in [3.05, 3.63) is 66.0 Å². The summed E-state index contributed by atoms with van der Waals surface area (Å²) in [5, 5.41) is 0. The third-order valence-electron chi connectivity index (χ3n) is 3.06. The van der Waals surface area contributed by atoms with E-state index in [9.17, 15) is 4.79 Å². The Morgan fingerprint density at radius 1 is 1.05 bits per heavy atom. The second kappa shape index (κ2) is 7.78. The zero-order valence-corrected chi connectivity index (χ0v) is 12.2. The summed E-state index contributed by atoms with van der Waals surface area (Å²) in [5.74, 6) is -0.226. The second-order valence-corrected chi connectivity index (χ2v) is 4.84. The monoisotopic (exact) mass is 297 g/mol. The summed E-state index contributed by atoms with van der Waals surface area (Å²) in [4.78, 5) is 21.9. The van der Waals surface area contributed by atoms with Crippen molar-refractivity contribution in [1.82, 2.24) is 9.88 Å². The number of hydrogen-bond acceptors (Lipinski definition) is 3. The number of aromatic nitrogens is 1. The smallest absolute Gasteiger partial charge is 0.244 e. The lowest BCUT2D eigenvalue weighted by Gasteiger charge is -2.22. The number of aliphatic imine (C=N–C) groups is 1. The van der Waals surface area contributed by atoms with E-state index in [1.807, 2.05) is 42.5 Å². The lowest BCUT2D eigenvalue weighted by Crippen LogP contribution is -2.33. The molecule has 1 aromatic heterocycles. The van der Waals surface area contributed by atoms with Crippen LogP contribution in [0.25, 0.3) is 0 Å². The highest BCUT2D eigenvalue weighted by Gasteiger charge is 2.14. The zero-order valence-electron chi connectivity index (χ0n) is 12.2. The number of guanidine groups is 1. The lowest BCUT2D eigenvalue weighted by molar-refractivity contribution is -0.130. The summed E-state index contributed by atoms with van der Waals surface area (Å²) >= 11 is 0. The van der Waals surface area contributed by atoms with Crippen molar-refractivity contribution < 1.29 is 4.79 Å². The highest BCUT2D eigenvalue weighted by molar-refractivity contribution is 5.83. The first-order valence-corrected chi connectivity index (χ1v) is 6.91. The van der Waals surface area contributed by atoms with Gasteiger partial charge in [0.2, 0.25) is 5.91 Å². The molecule has 0 atom stereocenters. The average Bonchev–Trinajstić information content (AvgIpc) is 2.54. The Hall–Kier alpha value is -2.89. The number of rotatable bonds is 6. The van der Waals surface area contributed by atoms with Crippen LogP contribution < -0.4 is 11.5 Å². The summed E-state index contributed by atoms with van der Waals surface area (Å²) in [6, 6.07) is 13.6. The molecule has 114 valence electrons. The van der Waals surface area contributed by atoms with Crippen molar-refractivity contribution in [2.45, 2.75) is 13.1 Å². The van der Waals surface area contributed by atoms with Gasteiger partial charge in [-0.2, -0.15) is 0 Å². The molecule has 0 aliphatic heterocycles. The molecule has 0 aliphatic carbocycles. The van der Waals surface area contributed by atoms with Crippen molar-refractivity contribution in [1.29, 1.82) is 0 Å². The standard InChI is InChI=1S/C16H19N5O/c17-16(18)20-10-15(22)21(11-13-5-2-1-3-6-13)12-14-7-4-8-19-9-14/h1-9H,10-12H2,(H4,17,18,20). The number of nitrogens with two attached hydrogens (primary N) is 2. The molecule has 0 spiro atoms. The molecule has 1 aromatic carbocycles. The van der Waals surface area contributed by atoms with E-state index in [4.69, 9.17) is 11.5 Å². The van der Waals surface area contributed by atoms with Gasteiger partial charge in [-0.15, -0.1) is 0 Å². The number of benzene rings is 1. The van der Waals surface area contributed by atoms with E-state index in [-0.39, 0.29) is 18.4 Å². The molecule has 0 radical (unpaired) electrons. The van der Waals surface area contributed by atoms with Gasteiger partial charge in [-0.25, -0.2) is 4.99 Å². The van der Waals surface area contributed by atoms with Gasteiger partial charge >= 0.3 is 0 Å². The van der Waals surface area contributed by atoms with Crippen LogP contribution >= 0.6 is 0 Å². The summed E-state index contributed by atoms with van der Waals surface area (Å²) in [5.41, 5.74) is 12.6. The molecular weight excluding hydrogens is 278 g/mol. The van der Waals surface area contributed by atoms with E-state index in [2.05, 4.69) is 9.98 Å². The van der Waals surface area contributed by atoms with E-state index in [0.29, 0.717) is 13.1 Å². The third-order valence-corrected chi connectivity index (χ3v) is 3.06. The maximum atomic E-state index is 12.3. The van der Waals surface area contributed by atoms with Gasteiger partial charge < -0.3 is 16.4 Å². The normalized spacial score (nSPS) is 10.0. The van der Waals surface area contributed by atoms with Gasteiger partial charge in [0.15, 0.2) is 5.96 Å². The fourth-order valence-electron chi connectivity index (χ4n) is 2.01. The number of carbonyl (C=O) groups is 1. The highest BCUT2D eigenvalue weighted by atomic mass is 16.2. The largest absolute Gasteiger partial charge is 0.370 e. The topological polar surface area (TPSA) is 97.6 Å². The highest BCUT2D eigenvalue weighted by Crippen LogP contribution is 2.10. The van der Waals surface area contributed by atoms with Crippen molar-refractivity contribution in [2.24, 2.45) is 16.5 Å². The van der Waals surface area contributed by atoms with E-state index >= 15 is 0 Å². The van der Waals surface area contributed by atoms with Crippen LogP contribution in [0.3, 0.4) is 0 Å². The third kappa shape index (κ3) is 4.90. The molecule has 2 aromatic rings. The fraction of sp³-hybridized carbons (Fsp3) is 0.188. The molecule has 2 rings (SSSR count). The molecule has 0 saturated carbocycles. The molecule has 6 nitrogen and oxygen atoms in total. The van der Waals surface area contributed by atoms with Crippen LogP contribution in [0.5, 0.6) is 0 Å². The number of pyridine rings is 1. The molecule has 22 heavy (non-hydrogen) atoms. The van der Waals surface area contributed by atoms with E-state index < -0.39 is 0 Å². The Morgan fingerprint density at radius 3 is 2.36 bits per heavy atom. The minimum atomic E-state index is -0.138. The summed E-state index contributed by atoms with van der Waals surface area (Å²) in [7, 11) is 0. The first kappa shape index (κ1) is 15.5. The number of amides is 1. The average molecular weight is 297 g/mol. The maximum absolute atomic E-state index is 12.3. The van der Waals surface area contributed by atoms with Crippen molar-refractivity contribution in [3.8, 4) is 0 Å². The Balaban J connectivity index is 2.12. The van der Waals surface area contributed by atoms with E-state index in [1.54, 1.807) is 17.3 Å². The van der Waals surface area contributed by atoms with Gasteiger partial charge in [0.25, 0.3) is 0 Å². The minimum absolute atomic E-state index is 0.0601. The molecule has 0 aliphatic rings. The Bertz CT molecular complexity index is 582. The van der Waals surface area contributed by atoms with Gasteiger partial charge in [-0.3, -0.25) is 9.78 Å². The molecule has 0 fully saturated rings. The van der Waals surface area contributed by atoms with E-state index in [0.717, 1.165) is 11.1 Å². The van der Waals surface area contributed by atoms with Crippen LogP contribution in [0.4, 0.5) is 0 Å².